The molecule has 0 radical (unpaired) electrons. The number of halogens is 1. The van der Waals surface area contributed by atoms with Gasteiger partial charge in [-0.1, -0.05) is 41.9 Å². The molecular weight excluding hydrogens is 346 g/mol. The molecule has 1 amide bonds. The van der Waals surface area contributed by atoms with Gasteiger partial charge >= 0.3 is 0 Å². The second kappa shape index (κ2) is 7.29. The lowest BCUT2D eigenvalue weighted by Gasteiger charge is -2.37. The van der Waals surface area contributed by atoms with E-state index in [0.29, 0.717) is 6.54 Å². The van der Waals surface area contributed by atoms with Gasteiger partial charge in [0.2, 0.25) is 5.91 Å². The summed E-state index contributed by atoms with van der Waals surface area (Å²) in [6.07, 6.45) is 0.947. The number of piperazine rings is 1. The number of carbonyl (C=O) groups is 1. The Labute approximate surface area is 160 Å². The van der Waals surface area contributed by atoms with Crippen LogP contribution in [0, 0.1) is 0 Å². The van der Waals surface area contributed by atoms with Gasteiger partial charge in [0.1, 0.15) is 0 Å². The van der Waals surface area contributed by atoms with Gasteiger partial charge in [-0.2, -0.15) is 0 Å². The standard InChI is InChI=1S/C21H24ClN3O/c1-16-14-17-6-2-4-8-19(17)25(16)21(26)15-23-10-12-24(13-11-23)20-9-5-3-7-18(20)22/h2-9,16H,10-15H2,1H3/t16-/m0/s1. The molecule has 136 valence electrons. The first-order valence-electron chi connectivity index (χ1n) is 9.25. The largest absolute Gasteiger partial charge is 0.368 e. The number of anilines is 2. The predicted octanol–water partition coefficient (Wildman–Crippen LogP) is 3.44. The normalized spacial score (nSPS) is 20.3. The molecule has 1 fully saturated rings. The third-order valence-electron chi connectivity index (χ3n) is 5.40. The van der Waals surface area contributed by atoms with E-state index in [1.165, 1.54) is 5.56 Å². The molecule has 5 heteroatoms. The average Bonchev–Trinajstić information content (AvgIpc) is 2.99. The van der Waals surface area contributed by atoms with E-state index in [2.05, 4.69) is 34.9 Å². The van der Waals surface area contributed by atoms with E-state index in [0.717, 1.165) is 49.0 Å². The number of rotatable bonds is 3. The molecule has 2 aliphatic heterocycles. The molecule has 26 heavy (non-hydrogen) atoms. The second-order valence-corrected chi connectivity index (χ2v) is 7.57. The van der Waals surface area contributed by atoms with Crippen molar-refractivity contribution in [3.63, 3.8) is 0 Å². The Bertz CT molecular complexity index is 801. The van der Waals surface area contributed by atoms with Gasteiger partial charge in [0, 0.05) is 37.9 Å². The molecule has 0 aliphatic carbocycles. The highest BCUT2D eigenvalue weighted by molar-refractivity contribution is 6.33. The number of carbonyl (C=O) groups excluding carboxylic acids is 1. The van der Waals surface area contributed by atoms with Gasteiger partial charge in [0.05, 0.1) is 17.3 Å². The molecule has 0 aromatic heterocycles. The van der Waals surface area contributed by atoms with Crippen LogP contribution in [0.5, 0.6) is 0 Å². The van der Waals surface area contributed by atoms with Crippen molar-refractivity contribution in [1.29, 1.82) is 0 Å². The zero-order chi connectivity index (χ0) is 18.1. The molecule has 0 saturated carbocycles. The lowest BCUT2D eigenvalue weighted by atomic mass is 10.1. The minimum absolute atomic E-state index is 0.202. The number of fused-ring (bicyclic) bond motifs is 1. The molecule has 1 saturated heterocycles. The van der Waals surface area contributed by atoms with Crippen LogP contribution in [-0.4, -0.2) is 49.6 Å². The highest BCUT2D eigenvalue weighted by atomic mass is 35.5. The molecule has 2 heterocycles. The number of hydrogen-bond acceptors (Lipinski definition) is 3. The molecule has 0 bridgehead atoms. The molecule has 4 rings (SSSR count). The molecule has 2 aliphatic rings. The Kier molecular flexibility index (Phi) is 4.88. The summed E-state index contributed by atoms with van der Waals surface area (Å²) in [5.74, 6) is 0.202. The Balaban J connectivity index is 1.38. The Hall–Kier alpha value is -2.04. The van der Waals surface area contributed by atoms with Crippen molar-refractivity contribution in [2.75, 3.05) is 42.5 Å². The highest BCUT2D eigenvalue weighted by Crippen LogP contribution is 2.32. The maximum Gasteiger partial charge on any atom is 0.241 e. The van der Waals surface area contributed by atoms with Gasteiger partial charge < -0.3 is 9.80 Å². The van der Waals surface area contributed by atoms with Gasteiger partial charge in [-0.3, -0.25) is 9.69 Å². The average molecular weight is 370 g/mol. The van der Waals surface area contributed by atoms with Crippen molar-refractivity contribution in [2.24, 2.45) is 0 Å². The molecule has 4 nitrogen and oxygen atoms in total. The first-order valence-corrected chi connectivity index (χ1v) is 9.63. The summed E-state index contributed by atoms with van der Waals surface area (Å²) in [6, 6.07) is 16.5. The molecule has 0 unspecified atom stereocenters. The zero-order valence-corrected chi connectivity index (χ0v) is 15.8. The number of amides is 1. The van der Waals surface area contributed by atoms with Crippen LogP contribution in [0.25, 0.3) is 0 Å². The molecular formula is C21H24ClN3O. The maximum atomic E-state index is 12.9. The van der Waals surface area contributed by atoms with E-state index in [4.69, 9.17) is 11.6 Å². The van der Waals surface area contributed by atoms with Crippen LogP contribution in [0.1, 0.15) is 12.5 Å². The van der Waals surface area contributed by atoms with Crippen LogP contribution in [0.15, 0.2) is 48.5 Å². The third-order valence-corrected chi connectivity index (χ3v) is 5.72. The van der Waals surface area contributed by atoms with Crippen molar-refractivity contribution >= 4 is 28.9 Å². The van der Waals surface area contributed by atoms with Crippen molar-refractivity contribution in [2.45, 2.75) is 19.4 Å². The fourth-order valence-corrected chi connectivity index (χ4v) is 4.32. The summed E-state index contributed by atoms with van der Waals surface area (Å²) in [5.41, 5.74) is 3.44. The van der Waals surface area contributed by atoms with Crippen LogP contribution in [0.2, 0.25) is 5.02 Å². The molecule has 1 atom stereocenters. The van der Waals surface area contributed by atoms with Crippen molar-refractivity contribution in [3.8, 4) is 0 Å². The van der Waals surface area contributed by atoms with Crippen molar-refractivity contribution in [1.82, 2.24) is 4.90 Å². The fraction of sp³-hybridized carbons (Fsp3) is 0.381. The van der Waals surface area contributed by atoms with Crippen LogP contribution in [-0.2, 0) is 11.2 Å². The lowest BCUT2D eigenvalue weighted by Crippen LogP contribution is -2.51. The van der Waals surface area contributed by atoms with Crippen LogP contribution >= 0.6 is 11.6 Å². The summed E-state index contributed by atoms with van der Waals surface area (Å²) in [7, 11) is 0. The second-order valence-electron chi connectivity index (χ2n) is 7.16. The Morgan fingerprint density at radius 3 is 2.38 bits per heavy atom. The topological polar surface area (TPSA) is 26.8 Å². The van der Waals surface area contributed by atoms with E-state index in [1.54, 1.807) is 0 Å². The number of benzene rings is 2. The molecule has 2 aromatic rings. The van der Waals surface area contributed by atoms with E-state index < -0.39 is 0 Å². The quantitative estimate of drug-likeness (QED) is 0.829. The summed E-state index contributed by atoms with van der Waals surface area (Å²) < 4.78 is 0. The van der Waals surface area contributed by atoms with E-state index in [9.17, 15) is 4.79 Å². The third kappa shape index (κ3) is 3.31. The monoisotopic (exact) mass is 369 g/mol. The van der Waals surface area contributed by atoms with Gasteiger partial charge in [-0.15, -0.1) is 0 Å². The van der Waals surface area contributed by atoms with E-state index in [-0.39, 0.29) is 11.9 Å². The van der Waals surface area contributed by atoms with E-state index in [1.807, 2.05) is 35.2 Å². The SMILES string of the molecule is C[C@H]1Cc2ccccc2N1C(=O)CN1CCN(c2ccccc2Cl)CC1. The van der Waals surface area contributed by atoms with Crippen LogP contribution in [0.4, 0.5) is 11.4 Å². The smallest absolute Gasteiger partial charge is 0.241 e. The van der Waals surface area contributed by atoms with Crippen molar-refractivity contribution < 1.29 is 4.79 Å². The predicted molar refractivity (Wildman–Crippen MR) is 107 cm³/mol. The first-order chi connectivity index (χ1) is 12.6. The minimum Gasteiger partial charge on any atom is -0.368 e. The van der Waals surface area contributed by atoms with Gasteiger partial charge in [-0.05, 0) is 37.1 Å². The Morgan fingerprint density at radius 1 is 1.00 bits per heavy atom. The summed E-state index contributed by atoms with van der Waals surface area (Å²) in [5, 5.41) is 0.791. The molecule has 2 aromatic carbocycles. The maximum absolute atomic E-state index is 12.9. The van der Waals surface area contributed by atoms with Gasteiger partial charge in [-0.25, -0.2) is 0 Å². The van der Waals surface area contributed by atoms with E-state index >= 15 is 0 Å². The Morgan fingerprint density at radius 2 is 1.65 bits per heavy atom. The van der Waals surface area contributed by atoms with Crippen LogP contribution in [0.3, 0.4) is 0 Å². The number of nitrogens with zero attached hydrogens (tertiary/aromatic N) is 3. The van der Waals surface area contributed by atoms with Gasteiger partial charge in [0.25, 0.3) is 0 Å². The summed E-state index contributed by atoms with van der Waals surface area (Å²) in [6.45, 7) is 6.15. The zero-order valence-electron chi connectivity index (χ0n) is 15.1. The summed E-state index contributed by atoms with van der Waals surface area (Å²) in [4.78, 5) is 19.5. The number of hydrogen-bond donors (Lipinski definition) is 0. The number of para-hydroxylation sites is 2. The van der Waals surface area contributed by atoms with Gasteiger partial charge in [0.15, 0.2) is 0 Å². The lowest BCUT2D eigenvalue weighted by molar-refractivity contribution is -0.120. The summed E-state index contributed by atoms with van der Waals surface area (Å²) >= 11 is 6.31. The fourth-order valence-electron chi connectivity index (χ4n) is 4.07. The first kappa shape index (κ1) is 17.4. The molecule has 0 N–H and O–H groups in total. The minimum atomic E-state index is 0.202. The van der Waals surface area contributed by atoms with Crippen molar-refractivity contribution in [3.05, 3.63) is 59.1 Å². The van der Waals surface area contributed by atoms with Crippen LogP contribution < -0.4 is 9.80 Å². The molecule has 0 spiro atoms. The highest BCUT2D eigenvalue weighted by Gasteiger charge is 2.31.